The van der Waals surface area contributed by atoms with Gasteiger partial charge in [-0.25, -0.2) is 14.2 Å². The smallest absolute Gasteiger partial charge is 0.273 e. The number of hydrogen-bond acceptors (Lipinski definition) is 4. The molecule has 0 fully saturated rings. The summed E-state index contributed by atoms with van der Waals surface area (Å²) in [6, 6.07) is 3.48. The fourth-order valence-electron chi connectivity index (χ4n) is 1.89. The molecule has 0 saturated heterocycles. The summed E-state index contributed by atoms with van der Waals surface area (Å²) in [6.45, 7) is 3.52. The summed E-state index contributed by atoms with van der Waals surface area (Å²) in [6.07, 6.45) is 4.63. The van der Waals surface area contributed by atoms with Crippen molar-refractivity contribution in [1.29, 1.82) is 0 Å². The first-order chi connectivity index (χ1) is 9.58. The lowest BCUT2D eigenvalue weighted by Crippen LogP contribution is -2.35. The molecule has 0 aliphatic heterocycles. The fourth-order valence-corrected chi connectivity index (χ4v) is 1.89. The second-order valence-corrected chi connectivity index (χ2v) is 4.78. The van der Waals surface area contributed by atoms with Crippen LogP contribution in [0.2, 0.25) is 0 Å². The summed E-state index contributed by atoms with van der Waals surface area (Å²) < 4.78 is 2.76. The maximum Gasteiger partial charge on any atom is 0.280 e. The van der Waals surface area contributed by atoms with Crippen LogP contribution in [0, 0.1) is 5.92 Å². The molecule has 102 valence electrons. The van der Waals surface area contributed by atoms with Gasteiger partial charge in [0.15, 0.2) is 5.65 Å². The number of pyridine rings is 1. The molecule has 3 aromatic rings. The molecule has 0 aliphatic carbocycles. The predicted molar refractivity (Wildman–Crippen MR) is 74.0 cm³/mol. The quantitative estimate of drug-likeness (QED) is 0.746. The van der Waals surface area contributed by atoms with Crippen molar-refractivity contribution in [3.05, 3.63) is 41.1 Å². The van der Waals surface area contributed by atoms with Crippen molar-refractivity contribution in [2.24, 2.45) is 5.92 Å². The first-order valence-corrected chi connectivity index (χ1v) is 6.23. The van der Waals surface area contributed by atoms with Gasteiger partial charge in [0, 0.05) is 24.4 Å². The van der Waals surface area contributed by atoms with Crippen LogP contribution in [0.5, 0.6) is 0 Å². The second-order valence-electron chi connectivity index (χ2n) is 4.78. The normalized spacial score (nSPS) is 11.3. The molecule has 0 radical (unpaired) electrons. The molecule has 0 bridgehead atoms. The molecular weight excluding hydrogens is 258 g/mol. The van der Waals surface area contributed by atoms with E-state index in [1.165, 1.54) is 17.1 Å². The van der Waals surface area contributed by atoms with Crippen LogP contribution in [-0.2, 0) is 4.79 Å². The molecule has 3 aromatic heterocycles. The Morgan fingerprint density at radius 1 is 1.35 bits per heavy atom. The van der Waals surface area contributed by atoms with E-state index in [2.05, 4.69) is 15.5 Å². The number of rotatable bonds is 2. The number of carbonyl (C=O) groups is 1. The Kier molecular flexibility index (Phi) is 2.74. The molecule has 3 heterocycles. The van der Waals surface area contributed by atoms with Gasteiger partial charge in [-0.2, -0.15) is 5.10 Å². The Morgan fingerprint density at radius 3 is 2.90 bits per heavy atom. The number of fused-ring (bicyclic) bond motifs is 3. The molecule has 7 nitrogen and oxygen atoms in total. The third kappa shape index (κ3) is 1.83. The zero-order chi connectivity index (χ0) is 14.3. The molecule has 1 N–H and O–H groups in total. The Balaban J connectivity index is 2.18. The zero-order valence-electron chi connectivity index (χ0n) is 11.1. The van der Waals surface area contributed by atoms with E-state index in [9.17, 15) is 9.59 Å². The zero-order valence-corrected chi connectivity index (χ0v) is 11.1. The molecule has 0 unspecified atom stereocenters. The molecule has 0 aromatic carbocycles. The number of aromatic nitrogens is 4. The van der Waals surface area contributed by atoms with Crippen LogP contribution in [0.4, 0.5) is 0 Å². The van der Waals surface area contributed by atoms with Crippen LogP contribution < -0.4 is 11.0 Å². The average molecular weight is 271 g/mol. The maximum absolute atomic E-state index is 12.3. The van der Waals surface area contributed by atoms with Gasteiger partial charge in [0.1, 0.15) is 0 Å². The van der Waals surface area contributed by atoms with Crippen molar-refractivity contribution in [3.63, 3.8) is 0 Å². The van der Waals surface area contributed by atoms with E-state index in [0.29, 0.717) is 16.6 Å². The number of nitrogens with one attached hydrogen (secondary N) is 1. The fraction of sp³-hybridized carbons (Fsp3) is 0.231. The van der Waals surface area contributed by atoms with Gasteiger partial charge in [-0.05, 0) is 6.07 Å². The van der Waals surface area contributed by atoms with Crippen LogP contribution in [0.3, 0.4) is 0 Å². The molecule has 1 amide bonds. The third-order valence-corrected chi connectivity index (χ3v) is 3.04. The predicted octanol–water partition coefficient (Wildman–Crippen LogP) is 0.770. The van der Waals surface area contributed by atoms with Crippen LogP contribution in [0.15, 0.2) is 35.5 Å². The van der Waals surface area contributed by atoms with E-state index in [0.717, 1.165) is 0 Å². The minimum absolute atomic E-state index is 0.204. The number of amides is 1. The molecule has 7 heteroatoms. The Labute approximate surface area is 113 Å². The van der Waals surface area contributed by atoms with E-state index in [1.54, 1.807) is 36.7 Å². The van der Waals surface area contributed by atoms with E-state index in [-0.39, 0.29) is 17.4 Å². The largest absolute Gasteiger partial charge is 0.280 e. The highest BCUT2D eigenvalue weighted by atomic mass is 16.2. The highest BCUT2D eigenvalue weighted by molar-refractivity contribution is 5.86. The lowest BCUT2D eigenvalue weighted by molar-refractivity contribution is -0.119. The summed E-state index contributed by atoms with van der Waals surface area (Å²) >= 11 is 0. The van der Waals surface area contributed by atoms with Gasteiger partial charge in [0.25, 0.3) is 5.56 Å². The SMILES string of the molecule is CC(C)C(=O)Nn1ccc2c(cnc3ccnn32)c1=O. The van der Waals surface area contributed by atoms with Gasteiger partial charge in [-0.15, -0.1) is 0 Å². The van der Waals surface area contributed by atoms with Crippen molar-refractivity contribution in [2.75, 3.05) is 5.43 Å². The Morgan fingerprint density at radius 2 is 2.15 bits per heavy atom. The van der Waals surface area contributed by atoms with Gasteiger partial charge in [-0.3, -0.25) is 15.0 Å². The number of carbonyl (C=O) groups excluding carboxylic acids is 1. The van der Waals surface area contributed by atoms with E-state index < -0.39 is 0 Å². The molecule has 0 saturated carbocycles. The monoisotopic (exact) mass is 271 g/mol. The minimum atomic E-state index is -0.332. The van der Waals surface area contributed by atoms with Crippen LogP contribution >= 0.6 is 0 Å². The minimum Gasteiger partial charge on any atom is -0.273 e. The van der Waals surface area contributed by atoms with Gasteiger partial charge in [-0.1, -0.05) is 13.8 Å². The van der Waals surface area contributed by atoms with Gasteiger partial charge in [0.2, 0.25) is 5.91 Å². The summed E-state index contributed by atoms with van der Waals surface area (Å²) in [4.78, 5) is 28.1. The standard InChI is InChI=1S/C13H13N5O2/c1-8(2)12(19)16-17-6-4-10-9(13(17)20)7-14-11-3-5-15-18(10)11/h3-8H,1-2H3,(H,16,19). The van der Waals surface area contributed by atoms with Crippen molar-refractivity contribution in [1.82, 2.24) is 19.3 Å². The lowest BCUT2D eigenvalue weighted by atomic mass is 10.2. The summed E-state index contributed by atoms with van der Waals surface area (Å²) in [5.41, 5.74) is 3.54. The first kappa shape index (κ1) is 12.3. The second kappa shape index (κ2) is 4.44. The molecule has 20 heavy (non-hydrogen) atoms. The molecular formula is C13H13N5O2. The number of nitrogens with zero attached hydrogens (tertiary/aromatic N) is 4. The van der Waals surface area contributed by atoms with Gasteiger partial charge in [0.05, 0.1) is 17.1 Å². The number of hydrogen-bond donors (Lipinski definition) is 1. The van der Waals surface area contributed by atoms with Gasteiger partial charge < -0.3 is 0 Å². The highest BCUT2D eigenvalue weighted by Gasteiger charge is 2.11. The summed E-state index contributed by atoms with van der Waals surface area (Å²) in [7, 11) is 0. The highest BCUT2D eigenvalue weighted by Crippen LogP contribution is 2.09. The maximum atomic E-state index is 12.3. The molecule has 0 spiro atoms. The van der Waals surface area contributed by atoms with Crippen LogP contribution in [0.1, 0.15) is 13.8 Å². The van der Waals surface area contributed by atoms with E-state index in [4.69, 9.17) is 0 Å². The molecule has 0 atom stereocenters. The Hall–Kier alpha value is -2.70. The van der Waals surface area contributed by atoms with Crippen molar-refractivity contribution >= 4 is 22.5 Å². The van der Waals surface area contributed by atoms with Crippen molar-refractivity contribution in [2.45, 2.75) is 13.8 Å². The summed E-state index contributed by atoms with van der Waals surface area (Å²) in [5.74, 6) is -0.427. The summed E-state index contributed by atoms with van der Waals surface area (Å²) in [5, 5.41) is 4.52. The molecule has 3 rings (SSSR count). The average Bonchev–Trinajstić information content (AvgIpc) is 2.90. The van der Waals surface area contributed by atoms with Crippen LogP contribution in [0.25, 0.3) is 16.6 Å². The van der Waals surface area contributed by atoms with Crippen molar-refractivity contribution < 1.29 is 4.79 Å². The third-order valence-electron chi connectivity index (χ3n) is 3.04. The van der Waals surface area contributed by atoms with E-state index in [1.807, 2.05) is 0 Å². The topological polar surface area (TPSA) is 81.3 Å². The van der Waals surface area contributed by atoms with Crippen molar-refractivity contribution in [3.8, 4) is 0 Å². The first-order valence-electron chi connectivity index (χ1n) is 6.23. The Bertz CT molecular complexity index is 862. The van der Waals surface area contributed by atoms with Crippen LogP contribution in [-0.4, -0.2) is 25.2 Å². The molecule has 0 aliphatic rings. The van der Waals surface area contributed by atoms with E-state index >= 15 is 0 Å². The van der Waals surface area contributed by atoms with Gasteiger partial charge >= 0.3 is 0 Å². The lowest BCUT2D eigenvalue weighted by Gasteiger charge is -2.11.